The number of aryl methyl sites for hydroxylation is 2. The lowest BCUT2D eigenvalue weighted by Gasteiger charge is -2.19. The molecule has 4 aromatic rings. The molecule has 228 valence electrons. The van der Waals surface area contributed by atoms with Gasteiger partial charge in [0.25, 0.3) is 11.5 Å². The number of benzene rings is 2. The number of pyridine rings is 1. The fraction of sp³-hybridized carbons (Fsp3) is 0.281. The summed E-state index contributed by atoms with van der Waals surface area (Å²) in [5, 5.41) is 19.2. The number of rotatable bonds is 11. The van der Waals surface area contributed by atoms with Crippen molar-refractivity contribution in [2.45, 2.75) is 32.4 Å². The highest BCUT2D eigenvalue weighted by atomic mass is 35.5. The Morgan fingerprint density at radius 3 is 2.57 bits per heavy atom. The second kappa shape index (κ2) is 13.6. The maximum absolute atomic E-state index is 14.1. The number of carbonyl (C=O) groups is 1. The van der Waals surface area contributed by atoms with E-state index in [1.807, 2.05) is 32.0 Å². The Morgan fingerprint density at radius 2 is 1.91 bits per heavy atom. The smallest absolute Gasteiger partial charge is 0.266 e. The van der Waals surface area contributed by atoms with Gasteiger partial charge in [-0.3, -0.25) is 14.2 Å². The van der Waals surface area contributed by atoms with Crippen molar-refractivity contribution >= 4 is 40.2 Å². The van der Waals surface area contributed by atoms with Gasteiger partial charge in [-0.2, -0.15) is 10.2 Å². The van der Waals surface area contributed by atoms with Gasteiger partial charge in [0.2, 0.25) is 5.95 Å². The number of nitrogens with zero attached hydrogens (tertiary/aromatic N) is 4. The molecule has 0 aliphatic carbocycles. The van der Waals surface area contributed by atoms with Crippen molar-refractivity contribution in [1.29, 1.82) is 5.26 Å². The average molecular weight is 616 g/mol. The largest absolute Gasteiger partial charge is 0.497 e. The first-order valence-corrected chi connectivity index (χ1v) is 14.1. The maximum Gasteiger partial charge on any atom is 0.266 e. The molecule has 0 radical (unpaired) electrons. The number of ether oxygens (including phenoxy) is 2. The van der Waals surface area contributed by atoms with Crippen LogP contribution in [0.3, 0.4) is 0 Å². The number of hydrogen-bond acceptors (Lipinski definition) is 9. The predicted molar refractivity (Wildman–Crippen MR) is 173 cm³/mol. The highest BCUT2D eigenvalue weighted by molar-refractivity contribution is 6.35. The quantitative estimate of drug-likeness (QED) is 0.160. The summed E-state index contributed by atoms with van der Waals surface area (Å²) in [6.45, 7) is 3.99. The molecule has 11 nitrogen and oxygen atoms in total. The summed E-state index contributed by atoms with van der Waals surface area (Å²) in [6, 6.07) is 14.3. The molecule has 3 N–H and O–H groups in total. The van der Waals surface area contributed by atoms with E-state index < -0.39 is 11.4 Å². The maximum atomic E-state index is 14.1. The van der Waals surface area contributed by atoms with Crippen molar-refractivity contribution in [3.05, 3.63) is 81.3 Å². The van der Waals surface area contributed by atoms with Gasteiger partial charge in [-0.05, 0) is 63.2 Å². The first-order chi connectivity index (χ1) is 21.0. The number of likely N-dealkylation sites (N-methyl/N-ethyl adjacent to an activating group) is 1. The van der Waals surface area contributed by atoms with Gasteiger partial charge in [0.05, 0.1) is 19.2 Å². The highest BCUT2D eigenvalue weighted by Gasteiger charge is 2.20. The normalized spacial score (nSPS) is 11.6. The van der Waals surface area contributed by atoms with E-state index in [0.717, 1.165) is 5.56 Å². The van der Waals surface area contributed by atoms with E-state index in [4.69, 9.17) is 21.1 Å². The predicted octanol–water partition coefficient (Wildman–Crippen LogP) is 4.80. The van der Waals surface area contributed by atoms with Gasteiger partial charge in [-0.1, -0.05) is 23.7 Å². The number of anilines is 2. The Hall–Kier alpha value is -4.92. The molecule has 0 fully saturated rings. The molecule has 0 unspecified atom stereocenters. The van der Waals surface area contributed by atoms with Crippen LogP contribution in [0.15, 0.2) is 65.1 Å². The number of carbonyl (C=O) groups excluding carboxylic acids is 1. The molecule has 2 aromatic heterocycles. The molecule has 0 atom stereocenters. The van der Waals surface area contributed by atoms with Crippen LogP contribution in [0, 0.1) is 11.3 Å². The SMILES string of the molecule is CNc1ncc2cc(-c3cc(OC)cc(OC)c3Cl)c(=O)n(CCc3cccc(NC(=O)/C(C#N)=C/C(C)(C)NC)c3)c2n1. The minimum absolute atomic E-state index is 0.00237. The summed E-state index contributed by atoms with van der Waals surface area (Å²) >= 11 is 6.67. The third-order valence-electron chi connectivity index (χ3n) is 7.13. The molecule has 4 rings (SSSR count). The molecule has 0 aliphatic heterocycles. The molecule has 2 aromatic carbocycles. The number of hydrogen-bond donors (Lipinski definition) is 3. The second-order valence-corrected chi connectivity index (χ2v) is 10.9. The third kappa shape index (κ3) is 6.99. The van der Waals surface area contributed by atoms with E-state index in [9.17, 15) is 14.9 Å². The Morgan fingerprint density at radius 1 is 1.14 bits per heavy atom. The second-order valence-electron chi connectivity index (χ2n) is 10.5. The van der Waals surface area contributed by atoms with E-state index in [0.29, 0.717) is 51.7 Å². The zero-order valence-corrected chi connectivity index (χ0v) is 26.2. The topological polar surface area (TPSA) is 143 Å². The molecule has 0 saturated heterocycles. The number of aromatic nitrogens is 3. The first-order valence-electron chi connectivity index (χ1n) is 13.8. The van der Waals surface area contributed by atoms with Gasteiger partial charge in [0, 0.05) is 53.6 Å². The van der Waals surface area contributed by atoms with E-state index in [-0.39, 0.29) is 22.7 Å². The van der Waals surface area contributed by atoms with Crippen LogP contribution in [-0.2, 0) is 17.8 Å². The summed E-state index contributed by atoms with van der Waals surface area (Å²) in [6.07, 6.45) is 3.66. The lowest BCUT2D eigenvalue weighted by molar-refractivity contribution is -0.112. The molecule has 2 heterocycles. The fourth-order valence-corrected chi connectivity index (χ4v) is 4.83. The molecular weight excluding hydrogens is 582 g/mol. The molecule has 12 heteroatoms. The number of nitriles is 1. The summed E-state index contributed by atoms with van der Waals surface area (Å²) in [5.41, 5.74) is 1.77. The molecule has 1 amide bonds. The van der Waals surface area contributed by atoms with Crippen LogP contribution >= 0.6 is 11.6 Å². The van der Waals surface area contributed by atoms with Gasteiger partial charge in [0.15, 0.2) is 0 Å². The summed E-state index contributed by atoms with van der Waals surface area (Å²) in [5.74, 6) is 0.713. The van der Waals surface area contributed by atoms with Crippen molar-refractivity contribution < 1.29 is 14.3 Å². The van der Waals surface area contributed by atoms with E-state index in [2.05, 4.69) is 25.9 Å². The standard InChI is InChI=1S/C32H34ClN7O4/c1-32(2,36-4)16-21(17-34)29(41)38-22-9-7-8-19(12-22)10-11-40-28-20(18-37-31(35-3)39-28)13-25(30(40)42)24-14-23(43-5)15-26(44-6)27(24)33/h7-9,12-16,18,36H,10-11H2,1-6H3,(H,38,41)(H,35,37,39)/b21-16+. The van der Waals surface area contributed by atoms with Crippen LogP contribution in [0.5, 0.6) is 11.5 Å². The molecule has 0 bridgehead atoms. The monoisotopic (exact) mass is 615 g/mol. The van der Waals surface area contributed by atoms with Gasteiger partial charge in [-0.15, -0.1) is 0 Å². The summed E-state index contributed by atoms with van der Waals surface area (Å²) in [7, 11) is 6.47. The van der Waals surface area contributed by atoms with Crippen molar-refractivity contribution in [3.63, 3.8) is 0 Å². The molecule has 0 aliphatic rings. The number of methoxy groups -OCH3 is 2. The average Bonchev–Trinajstić information content (AvgIpc) is 3.03. The molecule has 0 spiro atoms. The van der Waals surface area contributed by atoms with Crippen LogP contribution in [0.25, 0.3) is 22.2 Å². The zero-order chi connectivity index (χ0) is 32.0. The first kappa shape index (κ1) is 32.0. The van der Waals surface area contributed by atoms with Crippen LogP contribution in [0.4, 0.5) is 11.6 Å². The lowest BCUT2D eigenvalue weighted by atomic mass is 10.0. The van der Waals surface area contributed by atoms with Crippen LogP contribution in [-0.4, -0.2) is 54.3 Å². The Bertz CT molecular complexity index is 1840. The van der Waals surface area contributed by atoms with E-state index >= 15 is 0 Å². The lowest BCUT2D eigenvalue weighted by Crippen LogP contribution is -2.35. The van der Waals surface area contributed by atoms with Gasteiger partial charge < -0.3 is 25.4 Å². The fourth-order valence-electron chi connectivity index (χ4n) is 4.54. The number of nitrogens with one attached hydrogen (secondary N) is 3. The van der Waals surface area contributed by atoms with Crippen LogP contribution in [0.2, 0.25) is 5.02 Å². The number of halogens is 1. The summed E-state index contributed by atoms with van der Waals surface area (Å²) in [4.78, 5) is 35.8. The van der Waals surface area contributed by atoms with Crippen LogP contribution < -0.4 is 31.0 Å². The number of amides is 1. The number of fused-ring (bicyclic) bond motifs is 1. The minimum Gasteiger partial charge on any atom is -0.497 e. The molecule has 0 saturated carbocycles. The van der Waals surface area contributed by atoms with Gasteiger partial charge >= 0.3 is 0 Å². The van der Waals surface area contributed by atoms with E-state index in [1.165, 1.54) is 14.2 Å². The third-order valence-corrected chi connectivity index (χ3v) is 7.52. The Kier molecular flexibility index (Phi) is 9.88. The van der Waals surface area contributed by atoms with Gasteiger partial charge in [0.1, 0.15) is 28.8 Å². The zero-order valence-electron chi connectivity index (χ0n) is 25.4. The molecule has 44 heavy (non-hydrogen) atoms. The highest BCUT2D eigenvalue weighted by Crippen LogP contribution is 2.38. The van der Waals surface area contributed by atoms with Gasteiger partial charge in [-0.25, -0.2) is 4.98 Å². The Balaban J connectivity index is 1.72. The molecular formula is C32H34ClN7O4. The summed E-state index contributed by atoms with van der Waals surface area (Å²) < 4.78 is 12.4. The minimum atomic E-state index is -0.536. The van der Waals surface area contributed by atoms with Crippen molar-refractivity contribution in [2.24, 2.45) is 0 Å². The van der Waals surface area contributed by atoms with Crippen LogP contribution in [0.1, 0.15) is 19.4 Å². The van der Waals surface area contributed by atoms with Crippen molar-refractivity contribution in [2.75, 3.05) is 38.9 Å². The van der Waals surface area contributed by atoms with Crippen molar-refractivity contribution in [1.82, 2.24) is 19.9 Å². The van der Waals surface area contributed by atoms with Crippen molar-refractivity contribution in [3.8, 4) is 28.7 Å². The Labute approximate surface area is 260 Å². The van der Waals surface area contributed by atoms with E-state index in [1.54, 1.807) is 61.3 Å².